The number of Topliss-reactive ketones (excluding diaryl/α,β-unsaturated/α-hetero) is 1. The van der Waals surface area contributed by atoms with Crippen LogP contribution in [-0.4, -0.2) is 54.3 Å². The second-order valence-electron chi connectivity index (χ2n) is 7.08. The molecule has 2 unspecified atom stereocenters. The Labute approximate surface area is 111 Å². The molecule has 2 atom stereocenters. The summed E-state index contributed by atoms with van der Waals surface area (Å²) in [6.07, 6.45) is 4.92. The van der Waals surface area contributed by atoms with Crippen LogP contribution in [0.4, 0.5) is 0 Å². The van der Waals surface area contributed by atoms with Gasteiger partial charge in [-0.1, -0.05) is 13.8 Å². The van der Waals surface area contributed by atoms with E-state index in [1.54, 1.807) is 0 Å². The van der Waals surface area contributed by atoms with Gasteiger partial charge in [-0.05, 0) is 32.2 Å². The van der Waals surface area contributed by atoms with Crippen molar-refractivity contribution < 1.29 is 4.79 Å². The van der Waals surface area contributed by atoms with E-state index in [1.165, 1.54) is 39.0 Å². The van der Waals surface area contributed by atoms with Crippen molar-refractivity contribution in [3.8, 4) is 0 Å². The van der Waals surface area contributed by atoms with E-state index in [9.17, 15) is 4.79 Å². The first-order valence-electron chi connectivity index (χ1n) is 7.57. The van der Waals surface area contributed by atoms with Crippen LogP contribution in [0.2, 0.25) is 0 Å². The number of carbonyl (C=O) groups is 1. The minimum Gasteiger partial charge on any atom is -0.300 e. The normalized spacial score (nSPS) is 37.1. The lowest BCUT2D eigenvalue weighted by Crippen LogP contribution is -2.51. The van der Waals surface area contributed by atoms with Crippen molar-refractivity contribution in [3.63, 3.8) is 0 Å². The number of fused-ring (bicyclic) bond motifs is 1. The summed E-state index contributed by atoms with van der Waals surface area (Å²) < 4.78 is 0. The molecule has 0 radical (unpaired) electrons. The zero-order valence-corrected chi connectivity index (χ0v) is 11.8. The number of hydrogen-bond acceptors (Lipinski definition) is 3. The molecule has 0 aromatic carbocycles. The summed E-state index contributed by atoms with van der Waals surface area (Å²) in [4.78, 5) is 17.5. The fourth-order valence-electron chi connectivity index (χ4n) is 4.05. The molecule has 0 N–H and O–H groups in total. The number of rotatable bonds is 2. The minimum atomic E-state index is -0.0557. The van der Waals surface area contributed by atoms with Crippen molar-refractivity contribution in [2.24, 2.45) is 11.3 Å². The first kappa shape index (κ1) is 12.6. The van der Waals surface area contributed by atoms with Crippen molar-refractivity contribution >= 4 is 5.78 Å². The maximum absolute atomic E-state index is 12.3. The van der Waals surface area contributed by atoms with Crippen LogP contribution in [0.3, 0.4) is 0 Å². The molecule has 2 saturated heterocycles. The number of hydrogen-bond donors (Lipinski definition) is 0. The van der Waals surface area contributed by atoms with Gasteiger partial charge in [-0.25, -0.2) is 0 Å². The molecule has 2 heterocycles. The van der Waals surface area contributed by atoms with Crippen LogP contribution in [0.1, 0.15) is 39.5 Å². The Morgan fingerprint density at radius 3 is 2.78 bits per heavy atom. The van der Waals surface area contributed by atoms with Crippen molar-refractivity contribution in [2.45, 2.75) is 45.6 Å². The molecule has 2 aliphatic heterocycles. The molecule has 0 aromatic heterocycles. The van der Waals surface area contributed by atoms with Crippen molar-refractivity contribution in [1.82, 2.24) is 9.80 Å². The van der Waals surface area contributed by atoms with Gasteiger partial charge in [0.2, 0.25) is 0 Å². The van der Waals surface area contributed by atoms with Crippen LogP contribution in [0.25, 0.3) is 0 Å². The Morgan fingerprint density at radius 1 is 1.22 bits per heavy atom. The van der Waals surface area contributed by atoms with E-state index in [-0.39, 0.29) is 5.41 Å². The lowest BCUT2D eigenvalue weighted by molar-refractivity contribution is -0.128. The minimum absolute atomic E-state index is 0.0557. The van der Waals surface area contributed by atoms with Gasteiger partial charge in [-0.3, -0.25) is 14.6 Å². The lowest BCUT2D eigenvalue weighted by atomic mass is 9.89. The van der Waals surface area contributed by atoms with Gasteiger partial charge in [0.25, 0.3) is 0 Å². The molecular weight excluding hydrogens is 224 g/mol. The molecule has 3 rings (SSSR count). The maximum atomic E-state index is 12.3. The third kappa shape index (κ3) is 2.23. The summed E-state index contributed by atoms with van der Waals surface area (Å²) in [6.45, 7) is 10.1. The molecule has 3 fully saturated rings. The van der Waals surface area contributed by atoms with Gasteiger partial charge in [0.05, 0.1) is 0 Å². The molecule has 0 spiro atoms. The van der Waals surface area contributed by atoms with Gasteiger partial charge in [0.15, 0.2) is 0 Å². The van der Waals surface area contributed by atoms with Crippen LogP contribution in [-0.2, 0) is 4.79 Å². The lowest BCUT2D eigenvalue weighted by Gasteiger charge is -2.38. The monoisotopic (exact) mass is 250 g/mol. The molecule has 3 heteroatoms. The van der Waals surface area contributed by atoms with Gasteiger partial charge in [-0.2, -0.15) is 0 Å². The largest absolute Gasteiger partial charge is 0.300 e. The topological polar surface area (TPSA) is 23.6 Å². The van der Waals surface area contributed by atoms with Gasteiger partial charge in [0, 0.05) is 43.6 Å². The summed E-state index contributed by atoms with van der Waals surface area (Å²) in [5.41, 5.74) is -0.0557. The van der Waals surface area contributed by atoms with E-state index in [1.807, 2.05) is 0 Å². The third-order valence-electron chi connectivity index (χ3n) is 5.31. The predicted octanol–water partition coefficient (Wildman–Crippen LogP) is 1.77. The van der Waals surface area contributed by atoms with Crippen LogP contribution in [0.15, 0.2) is 0 Å². The van der Waals surface area contributed by atoms with Gasteiger partial charge in [-0.15, -0.1) is 0 Å². The number of nitrogens with zero attached hydrogens (tertiary/aromatic N) is 2. The molecule has 0 amide bonds. The van der Waals surface area contributed by atoms with Gasteiger partial charge >= 0.3 is 0 Å². The van der Waals surface area contributed by atoms with Crippen LogP contribution < -0.4 is 0 Å². The summed E-state index contributed by atoms with van der Waals surface area (Å²) >= 11 is 0. The zero-order valence-electron chi connectivity index (χ0n) is 11.8. The van der Waals surface area contributed by atoms with Crippen molar-refractivity contribution in [2.75, 3.05) is 32.7 Å². The Kier molecular flexibility index (Phi) is 3.23. The maximum Gasteiger partial charge on any atom is 0.142 e. The fourth-order valence-corrected chi connectivity index (χ4v) is 4.05. The molecule has 102 valence electrons. The van der Waals surface area contributed by atoms with Gasteiger partial charge in [0.1, 0.15) is 5.78 Å². The van der Waals surface area contributed by atoms with Crippen LogP contribution in [0.5, 0.6) is 0 Å². The first-order valence-corrected chi connectivity index (χ1v) is 7.57. The quantitative estimate of drug-likeness (QED) is 0.746. The van der Waals surface area contributed by atoms with Crippen molar-refractivity contribution in [3.05, 3.63) is 0 Å². The van der Waals surface area contributed by atoms with E-state index in [0.717, 1.165) is 25.4 Å². The Hall–Kier alpha value is -0.410. The Bertz CT molecular complexity index is 339. The highest BCUT2D eigenvalue weighted by atomic mass is 16.1. The van der Waals surface area contributed by atoms with E-state index in [0.29, 0.717) is 11.7 Å². The summed E-state index contributed by atoms with van der Waals surface area (Å²) in [7, 11) is 0. The average Bonchev–Trinajstić information content (AvgIpc) is 2.89. The standard InChI is InChI=1S/C15H26N2O/c1-15(2)6-5-12(14(15)18)10-16-8-9-17-7-3-4-13(17)11-16/h12-13H,3-11H2,1-2H3. The smallest absolute Gasteiger partial charge is 0.142 e. The molecule has 1 saturated carbocycles. The molecule has 1 aliphatic carbocycles. The van der Waals surface area contributed by atoms with Crippen LogP contribution in [0, 0.1) is 11.3 Å². The summed E-state index contributed by atoms with van der Waals surface area (Å²) in [6, 6.07) is 0.781. The predicted molar refractivity (Wildman–Crippen MR) is 72.5 cm³/mol. The summed E-state index contributed by atoms with van der Waals surface area (Å²) in [5.74, 6) is 0.823. The highest BCUT2D eigenvalue weighted by Crippen LogP contribution is 2.38. The summed E-state index contributed by atoms with van der Waals surface area (Å²) in [5, 5.41) is 0. The second kappa shape index (κ2) is 4.61. The van der Waals surface area contributed by atoms with Gasteiger partial charge < -0.3 is 0 Å². The molecule has 0 aromatic rings. The Morgan fingerprint density at radius 2 is 2.06 bits per heavy atom. The number of ketones is 1. The SMILES string of the molecule is CC1(C)CCC(CN2CCN3CCCC3C2)C1=O. The Balaban J connectivity index is 1.56. The fraction of sp³-hybridized carbons (Fsp3) is 0.933. The molecular formula is C15H26N2O. The second-order valence-corrected chi connectivity index (χ2v) is 7.08. The highest BCUT2D eigenvalue weighted by Gasteiger charge is 2.41. The number of carbonyl (C=O) groups excluding carboxylic acids is 1. The van der Waals surface area contributed by atoms with E-state index >= 15 is 0 Å². The first-order chi connectivity index (χ1) is 8.56. The molecule has 3 nitrogen and oxygen atoms in total. The highest BCUT2D eigenvalue weighted by molar-refractivity contribution is 5.88. The van der Waals surface area contributed by atoms with Crippen LogP contribution >= 0.6 is 0 Å². The van der Waals surface area contributed by atoms with Crippen molar-refractivity contribution in [1.29, 1.82) is 0 Å². The van der Waals surface area contributed by atoms with E-state index in [2.05, 4.69) is 23.6 Å². The van der Waals surface area contributed by atoms with E-state index in [4.69, 9.17) is 0 Å². The van der Waals surface area contributed by atoms with E-state index < -0.39 is 0 Å². The zero-order chi connectivity index (χ0) is 12.8. The third-order valence-corrected chi connectivity index (χ3v) is 5.31. The molecule has 0 bridgehead atoms. The number of piperazine rings is 1. The average molecular weight is 250 g/mol. The molecule has 3 aliphatic rings. The molecule has 18 heavy (non-hydrogen) atoms.